The first-order valence-electron chi connectivity index (χ1n) is 25.3. The zero-order valence-electron chi connectivity index (χ0n) is 44.1. The summed E-state index contributed by atoms with van der Waals surface area (Å²) in [6.45, 7) is 6.19. The van der Waals surface area contributed by atoms with E-state index in [1.54, 1.807) is 0 Å². The summed E-state index contributed by atoms with van der Waals surface area (Å²) in [4.78, 5) is 153. The van der Waals surface area contributed by atoms with E-state index in [0.717, 1.165) is 6.39 Å². The van der Waals surface area contributed by atoms with Crippen molar-refractivity contribution in [3.63, 3.8) is 0 Å². The molecule has 11 amide bonds. The van der Waals surface area contributed by atoms with Crippen molar-refractivity contribution in [3.05, 3.63) is 18.4 Å². The summed E-state index contributed by atoms with van der Waals surface area (Å²) in [5.74, 6) is -9.24. The molecule has 0 saturated carbocycles. The van der Waals surface area contributed by atoms with Crippen LogP contribution in [0.4, 0.5) is 0 Å². The Hall–Kier alpha value is -7.51. The monoisotopic (exact) mass is 1090 g/mol. The summed E-state index contributed by atoms with van der Waals surface area (Å²) < 4.78 is 4.99. The highest BCUT2D eigenvalue weighted by Gasteiger charge is 2.39. The van der Waals surface area contributed by atoms with Gasteiger partial charge in [0.05, 0.1) is 24.9 Å². The number of aliphatic hydroxyl groups excluding tert-OH is 2. The summed E-state index contributed by atoms with van der Waals surface area (Å²) in [5.41, 5.74) is 27.6. The molecule has 21 N–H and O–H groups in total. The summed E-state index contributed by atoms with van der Waals surface area (Å²) >= 11 is 0. The smallest absolute Gasteiger partial charge is 0.288 e. The fraction of sp³-hybridized carbons (Fsp3) is 0.674. The number of rotatable bonds is 34. The number of hydrogen-bond donors (Lipinski definition) is 16. The third-order valence-corrected chi connectivity index (χ3v) is 12.1. The minimum absolute atomic E-state index is 0.0207. The highest BCUT2D eigenvalue weighted by atomic mass is 16.3. The first-order valence-corrected chi connectivity index (χ1v) is 25.3. The lowest BCUT2D eigenvalue weighted by Gasteiger charge is -2.29. The number of aliphatic imine (C=N–C) groups is 1. The summed E-state index contributed by atoms with van der Waals surface area (Å²) in [6, 6.07) is -12.9. The van der Waals surface area contributed by atoms with E-state index < -0.39 is 138 Å². The number of aliphatic hydroxyl groups is 2. The highest BCUT2D eigenvalue weighted by molar-refractivity contribution is 5.98. The summed E-state index contributed by atoms with van der Waals surface area (Å²) in [7, 11) is 0. The van der Waals surface area contributed by atoms with Gasteiger partial charge in [0.2, 0.25) is 64.8 Å². The number of likely N-dealkylation sites (tertiary alicyclic amines) is 1. The molecule has 432 valence electrons. The quantitative estimate of drug-likeness (QED) is 0.0173. The minimum Gasteiger partial charge on any atom is -0.438 e. The number of unbranched alkanes of at least 4 members (excludes halogenated alkanes) is 2. The van der Waals surface area contributed by atoms with Gasteiger partial charge in [-0.25, -0.2) is 4.98 Å². The van der Waals surface area contributed by atoms with E-state index in [9.17, 15) is 63.0 Å². The molecule has 1 aliphatic heterocycles. The molecular formula is C46H79N17O14. The van der Waals surface area contributed by atoms with Crippen LogP contribution in [0, 0.1) is 0 Å². The van der Waals surface area contributed by atoms with Crippen molar-refractivity contribution in [2.45, 2.75) is 165 Å². The Morgan fingerprint density at radius 1 is 0.688 bits per heavy atom. The van der Waals surface area contributed by atoms with E-state index in [2.05, 4.69) is 57.8 Å². The molecule has 0 bridgehead atoms. The van der Waals surface area contributed by atoms with Crippen molar-refractivity contribution in [1.82, 2.24) is 57.7 Å². The molecule has 2 rings (SSSR count). The Labute approximate surface area is 445 Å². The largest absolute Gasteiger partial charge is 0.438 e. The van der Waals surface area contributed by atoms with Crippen LogP contribution < -0.4 is 76.5 Å². The van der Waals surface area contributed by atoms with Gasteiger partial charge < -0.3 is 96.0 Å². The Bertz CT molecular complexity index is 2190. The molecule has 77 heavy (non-hydrogen) atoms. The standard InChI is InChI=1S/C46H79N17O14/c1-23(56-39(70)28(48)12-6-8-16-47)36(67)55-24(2)37(68)59-30(14-10-18-54-46(50)51)40(71)60-29(13-7-9-17-53-44(75)33-20-52-22-77-33)41(72)61-31(21-64)42(73)58-26(4)45(76)63-19-11-15-32(63)43(74)57-25(3)38(69)62-34(27(5)65)35(49)66/h20,22-32,34,64-65H,6-19,21,47-48H2,1-5H3,(H2,49,66)(H,53,75)(H,55,67)(H,56,70)(H,57,74)(H,58,73)(H,59,68)(H,60,71)(H,61,72)(H,62,69)(H4,50,51,54)/t23-,24-,25-,26-,27+,28-,29-,30-,31-,32-,34-/m0/s1. The fourth-order valence-corrected chi connectivity index (χ4v) is 7.61. The van der Waals surface area contributed by atoms with Gasteiger partial charge in [-0.1, -0.05) is 6.42 Å². The van der Waals surface area contributed by atoms with Crippen LogP contribution in [0.15, 0.2) is 22.0 Å². The number of oxazole rings is 1. The number of guanidine groups is 1. The Kier molecular flexibility index (Phi) is 28.5. The highest BCUT2D eigenvalue weighted by Crippen LogP contribution is 2.19. The lowest BCUT2D eigenvalue weighted by molar-refractivity contribution is -0.142. The van der Waals surface area contributed by atoms with Gasteiger partial charge in [0.15, 0.2) is 12.4 Å². The van der Waals surface area contributed by atoms with E-state index in [0.29, 0.717) is 32.2 Å². The van der Waals surface area contributed by atoms with Gasteiger partial charge in [0.25, 0.3) is 5.91 Å². The van der Waals surface area contributed by atoms with Gasteiger partial charge in [0, 0.05) is 19.6 Å². The van der Waals surface area contributed by atoms with Crippen molar-refractivity contribution in [1.29, 1.82) is 0 Å². The van der Waals surface area contributed by atoms with Crippen molar-refractivity contribution in [2.75, 3.05) is 32.8 Å². The molecule has 1 fully saturated rings. The molecule has 0 aromatic carbocycles. The van der Waals surface area contributed by atoms with Crippen molar-refractivity contribution in [3.8, 4) is 0 Å². The lowest BCUT2D eigenvalue weighted by atomic mass is 10.1. The third-order valence-electron chi connectivity index (χ3n) is 12.1. The van der Waals surface area contributed by atoms with Gasteiger partial charge >= 0.3 is 0 Å². The number of nitrogens with one attached hydrogen (secondary N) is 9. The Morgan fingerprint density at radius 3 is 1.79 bits per heavy atom. The average molecular weight is 1090 g/mol. The van der Waals surface area contributed by atoms with Crippen LogP contribution in [-0.2, 0) is 47.9 Å². The second-order valence-electron chi connectivity index (χ2n) is 18.6. The van der Waals surface area contributed by atoms with Crippen LogP contribution in [0.25, 0.3) is 0 Å². The Morgan fingerprint density at radius 2 is 1.22 bits per heavy atom. The van der Waals surface area contributed by atoms with Crippen LogP contribution in [0.2, 0.25) is 0 Å². The predicted octanol–water partition coefficient (Wildman–Crippen LogP) is -7.11. The molecule has 0 spiro atoms. The Balaban J connectivity index is 2.25. The van der Waals surface area contributed by atoms with Crippen molar-refractivity contribution in [2.24, 2.45) is 33.7 Å². The average Bonchev–Trinajstić information content (AvgIpc) is 4.11. The number of amides is 11. The maximum absolute atomic E-state index is 14.1. The van der Waals surface area contributed by atoms with Crippen LogP contribution >= 0.6 is 0 Å². The number of nitrogens with two attached hydrogens (primary N) is 5. The maximum Gasteiger partial charge on any atom is 0.288 e. The van der Waals surface area contributed by atoms with E-state index >= 15 is 0 Å². The van der Waals surface area contributed by atoms with Gasteiger partial charge in [-0.15, -0.1) is 0 Å². The van der Waals surface area contributed by atoms with Crippen LogP contribution in [0.1, 0.15) is 109 Å². The molecule has 31 heteroatoms. The molecule has 1 aliphatic rings. The molecule has 11 atom stereocenters. The van der Waals surface area contributed by atoms with Crippen molar-refractivity contribution < 1.29 is 67.4 Å². The van der Waals surface area contributed by atoms with E-state index in [4.69, 9.17) is 33.1 Å². The van der Waals surface area contributed by atoms with Crippen LogP contribution in [0.3, 0.4) is 0 Å². The second-order valence-corrected chi connectivity index (χ2v) is 18.6. The first kappa shape index (κ1) is 65.6. The van der Waals surface area contributed by atoms with E-state index in [-0.39, 0.29) is 69.9 Å². The third kappa shape index (κ3) is 22.7. The number of primary amides is 1. The predicted molar refractivity (Wildman–Crippen MR) is 274 cm³/mol. The van der Waals surface area contributed by atoms with Crippen molar-refractivity contribution >= 4 is 70.9 Å². The van der Waals surface area contributed by atoms with E-state index in [1.807, 2.05) is 0 Å². The topological polar surface area (TPSA) is 508 Å². The second kappa shape index (κ2) is 33.5. The van der Waals surface area contributed by atoms with Gasteiger partial charge in [0.1, 0.15) is 54.4 Å². The molecule has 1 saturated heterocycles. The number of carbonyl (C=O) groups excluding carboxylic acids is 11. The molecule has 0 unspecified atom stereocenters. The molecule has 0 radical (unpaired) electrons. The zero-order valence-corrected chi connectivity index (χ0v) is 44.1. The molecule has 2 heterocycles. The molecular weight excluding hydrogens is 1010 g/mol. The van der Waals surface area contributed by atoms with Crippen LogP contribution in [-0.4, -0.2) is 190 Å². The number of carbonyl (C=O) groups is 11. The SMILES string of the molecule is C[C@H](NC(=O)[C@H](C)NC(=O)[C@@H](N)CCCCN)C(=O)N[C@@H](CCCN=C(N)N)C(=O)N[C@@H](CCCCNC(=O)c1cnco1)C(=O)N[C@@H](CO)C(=O)N[C@@H](C)C(=O)N1CCC[C@H]1C(=O)N[C@@H](C)C(=O)N[C@H](C(N)=O)[C@@H](C)O. The summed E-state index contributed by atoms with van der Waals surface area (Å²) in [5, 5.41) is 42.4. The fourth-order valence-electron chi connectivity index (χ4n) is 7.61. The number of aromatic nitrogens is 1. The number of nitrogens with zero attached hydrogens (tertiary/aromatic N) is 3. The molecule has 1 aromatic rings. The molecule has 0 aliphatic carbocycles. The first-order chi connectivity index (χ1) is 36.3. The van der Waals surface area contributed by atoms with Gasteiger partial charge in [-0.05, 0) is 99.0 Å². The summed E-state index contributed by atoms with van der Waals surface area (Å²) in [6.07, 6.45) is 3.40. The van der Waals surface area contributed by atoms with Gasteiger partial charge in [-0.3, -0.25) is 57.7 Å². The van der Waals surface area contributed by atoms with Crippen LogP contribution in [0.5, 0.6) is 0 Å². The maximum atomic E-state index is 14.1. The van der Waals surface area contributed by atoms with E-state index in [1.165, 1.54) is 45.7 Å². The number of hydrogen-bond acceptors (Lipinski definition) is 18. The lowest BCUT2D eigenvalue weighted by Crippen LogP contribution is -2.60. The zero-order chi connectivity index (χ0) is 57.9. The van der Waals surface area contributed by atoms with Gasteiger partial charge in [-0.2, -0.15) is 0 Å². The normalized spacial score (nSPS) is 16.9. The minimum atomic E-state index is -1.71. The molecule has 31 nitrogen and oxygen atoms in total. The molecule has 1 aromatic heterocycles.